The first-order valence-electron chi connectivity index (χ1n) is 8.82. The van der Waals surface area contributed by atoms with Gasteiger partial charge in [0.05, 0.1) is 12.2 Å². The van der Waals surface area contributed by atoms with Crippen LogP contribution >= 0.6 is 0 Å². The molecule has 120 valence electrons. The quantitative estimate of drug-likeness (QED) is 0.854. The summed E-state index contributed by atoms with van der Waals surface area (Å²) in [4.78, 5) is 11.8. The normalized spacial score (nSPS) is 19.3. The number of amides is 1. The first kappa shape index (κ1) is 15.4. The smallest absolute Gasteiger partial charge is 0.252 e. The summed E-state index contributed by atoms with van der Waals surface area (Å²) in [6.45, 7) is 0.721. The van der Waals surface area contributed by atoms with Crippen molar-refractivity contribution in [3.63, 3.8) is 0 Å². The number of hydrogen-bond acceptors (Lipinski definition) is 2. The molecule has 1 fully saturated rings. The van der Waals surface area contributed by atoms with Crippen molar-refractivity contribution < 1.29 is 9.53 Å². The van der Waals surface area contributed by atoms with E-state index in [9.17, 15) is 4.79 Å². The van der Waals surface area contributed by atoms with Crippen molar-refractivity contribution in [1.29, 1.82) is 0 Å². The molecule has 2 N–H and O–H groups in total. The number of nitrogens with two attached hydrogens (primary N) is 1. The Balaban J connectivity index is 1.78. The lowest BCUT2D eigenvalue weighted by Crippen LogP contribution is -2.19. The molecule has 22 heavy (non-hydrogen) atoms. The molecule has 2 aliphatic carbocycles. The lowest BCUT2D eigenvalue weighted by Gasteiger charge is -2.22. The minimum absolute atomic E-state index is 0.370. The Bertz CT molecular complexity index is 532. The van der Waals surface area contributed by atoms with Crippen LogP contribution in [0, 0.1) is 5.92 Å². The highest BCUT2D eigenvalue weighted by Crippen LogP contribution is 2.30. The number of benzene rings is 1. The first-order chi connectivity index (χ1) is 10.7. The highest BCUT2D eigenvalue weighted by atomic mass is 16.5. The van der Waals surface area contributed by atoms with Crippen LogP contribution in [0.25, 0.3) is 0 Å². The molecule has 0 bridgehead atoms. The second-order valence-corrected chi connectivity index (χ2v) is 6.86. The molecule has 3 rings (SSSR count). The Hall–Kier alpha value is -1.51. The molecule has 3 heteroatoms. The molecule has 0 atom stereocenters. The van der Waals surface area contributed by atoms with Crippen molar-refractivity contribution >= 4 is 5.91 Å². The lowest BCUT2D eigenvalue weighted by molar-refractivity contribution is 0.0994. The summed E-state index contributed by atoms with van der Waals surface area (Å²) >= 11 is 0. The molecule has 0 heterocycles. The fourth-order valence-corrected chi connectivity index (χ4v) is 3.81. The van der Waals surface area contributed by atoms with Crippen molar-refractivity contribution in [2.45, 2.75) is 64.2 Å². The number of fused-ring (bicyclic) bond motifs is 1. The van der Waals surface area contributed by atoms with Crippen LogP contribution in [-0.4, -0.2) is 12.5 Å². The zero-order valence-electron chi connectivity index (χ0n) is 13.4. The third-order valence-electron chi connectivity index (χ3n) is 5.16. The van der Waals surface area contributed by atoms with E-state index in [0.29, 0.717) is 17.2 Å². The van der Waals surface area contributed by atoms with E-state index >= 15 is 0 Å². The molecular weight excluding hydrogens is 274 g/mol. The topological polar surface area (TPSA) is 52.3 Å². The van der Waals surface area contributed by atoms with Gasteiger partial charge >= 0.3 is 0 Å². The average Bonchev–Trinajstić information content (AvgIpc) is 2.77. The van der Waals surface area contributed by atoms with Gasteiger partial charge in [-0.1, -0.05) is 25.7 Å². The van der Waals surface area contributed by atoms with Gasteiger partial charge < -0.3 is 10.5 Å². The van der Waals surface area contributed by atoms with Crippen molar-refractivity contribution in [3.8, 4) is 5.75 Å². The highest BCUT2D eigenvalue weighted by molar-refractivity contribution is 5.96. The summed E-state index contributed by atoms with van der Waals surface area (Å²) < 4.78 is 6.04. The van der Waals surface area contributed by atoms with Gasteiger partial charge in [-0.3, -0.25) is 4.79 Å². The zero-order chi connectivity index (χ0) is 15.4. The maximum atomic E-state index is 11.8. The first-order valence-corrected chi connectivity index (χ1v) is 8.82. The summed E-state index contributed by atoms with van der Waals surface area (Å²) in [7, 11) is 0. The predicted molar refractivity (Wildman–Crippen MR) is 88.3 cm³/mol. The van der Waals surface area contributed by atoms with Crippen LogP contribution in [-0.2, 0) is 12.8 Å². The highest BCUT2D eigenvalue weighted by Gasteiger charge is 2.19. The molecule has 1 aromatic carbocycles. The number of hydrogen-bond donors (Lipinski definition) is 1. The van der Waals surface area contributed by atoms with E-state index in [4.69, 9.17) is 10.5 Å². The van der Waals surface area contributed by atoms with Gasteiger partial charge in [-0.25, -0.2) is 0 Å². The van der Waals surface area contributed by atoms with E-state index in [0.717, 1.165) is 19.4 Å². The number of aryl methyl sites for hydroxylation is 2. The number of carbonyl (C=O) groups excluding carboxylic acids is 1. The van der Waals surface area contributed by atoms with Gasteiger partial charge in [0.25, 0.3) is 5.91 Å². The summed E-state index contributed by atoms with van der Waals surface area (Å²) in [6, 6.07) is 4.07. The van der Waals surface area contributed by atoms with Crippen molar-refractivity contribution in [1.82, 2.24) is 0 Å². The largest absolute Gasteiger partial charge is 0.492 e. The van der Waals surface area contributed by atoms with E-state index in [1.807, 2.05) is 6.07 Å². The van der Waals surface area contributed by atoms with E-state index in [2.05, 4.69) is 6.07 Å². The number of rotatable bonds is 4. The van der Waals surface area contributed by atoms with E-state index < -0.39 is 0 Å². The van der Waals surface area contributed by atoms with Crippen LogP contribution in [0.3, 0.4) is 0 Å². The molecule has 2 aliphatic rings. The van der Waals surface area contributed by atoms with Crippen LogP contribution in [0.5, 0.6) is 5.75 Å². The summed E-state index contributed by atoms with van der Waals surface area (Å²) in [5.41, 5.74) is 8.78. The number of primary amides is 1. The van der Waals surface area contributed by atoms with E-state index in [1.54, 1.807) is 0 Å². The van der Waals surface area contributed by atoms with Gasteiger partial charge in [-0.15, -0.1) is 0 Å². The average molecular weight is 301 g/mol. The Morgan fingerprint density at radius 3 is 2.32 bits per heavy atom. The molecule has 0 spiro atoms. The molecule has 1 saturated carbocycles. The van der Waals surface area contributed by atoms with Gasteiger partial charge in [0, 0.05) is 0 Å². The second-order valence-electron chi connectivity index (χ2n) is 6.86. The Morgan fingerprint density at radius 1 is 1.00 bits per heavy atom. The SMILES string of the molecule is NC(=O)c1cc2c(cc1OCC1CCCCC1)CCCCC2. The predicted octanol–water partition coefficient (Wildman–Crippen LogP) is 4.01. The maximum absolute atomic E-state index is 11.8. The molecule has 1 amide bonds. The molecular formula is C19H27NO2. The molecule has 0 aromatic heterocycles. The third kappa shape index (κ3) is 3.63. The summed E-state index contributed by atoms with van der Waals surface area (Å²) in [5.74, 6) is 0.970. The Labute approximate surface area is 133 Å². The Kier molecular flexibility index (Phi) is 5.01. The summed E-state index contributed by atoms with van der Waals surface area (Å²) in [6.07, 6.45) is 12.3. The Morgan fingerprint density at radius 2 is 1.64 bits per heavy atom. The third-order valence-corrected chi connectivity index (χ3v) is 5.16. The fraction of sp³-hybridized carbons (Fsp3) is 0.632. The van der Waals surface area contributed by atoms with Crippen LogP contribution in [0.4, 0.5) is 0 Å². The van der Waals surface area contributed by atoms with E-state index in [1.165, 1.54) is 62.5 Å². The second kappa shape index (κ2) is 7.17. The van der Waals surface area contributed by atoms with E-state index in [-0.39, 0.29) is 5.91 Å². The molecule has 3 nitrogen and oxygen atoms in total. The van der Waals surface area contributed by atoms with Crippen molar-refractivity contribution in [2.75, 3.05) is 6.61 Å². The van der Waals surface area contributed by atoms with Gasteiger partial charge in [0.15, 0.2) is 0 Å². The van der Waals surface area contributed by atoms with Crippen molar-refractivity contribution in [2.24, 2.45) is 11.7 Å². The molecule has 0 radical (unpaired) electrons. The lowest BCUT2D eigenvalue weighted by atomic mass is 9.90. The minimum Gasteiger partial charge on any atom is -0.492 e. The molecule has 0 unspecified atom stereocenters. The van der Waals surface area contributed by atoms with Gasteiger partial charge in [-0.05, 0) is 67.7 Å². The molecule has 0 saturated heterocycles. The van der Waals surface area contributed by atoms with Crippen LogP contribution in [0.2, 0.25) is 0 Å². The van der Waals surface area contributed by atoms with Crippen LogP contribution in [0.15, 0.2) is 12.1 Å². The number of ether oxygens (including phenoxy) is 1. The maximum Gasteiger partial charge on any atom is 0.252 e. The van der Waals surface area contributed by atoms with Gasteiger partial charge in [0.2, 0.25) is 0 Å². The van der Waals surface area contributed by atoms with Crippen molar-refractivity contribution in [3.05, 3.63) is 28.8 Å². The van der Waals surface area contributed by atoms with Crippen LogP contribution in [0.1, 0.15) is 72.9 Å². The fourth-order valence-electron chi connectivity index (χ4n) is 3.81. The standard InChI is InChI=1S/C19H27NO2/c20-19(21)17-11-15-9-5-2-6-10-16(15)12-18(17)22-13-14-7-3-1-4-8-14/h11-12,14H,1-10,13H2,(H2,20,21). The molecule has 1 aromatic rings. The van der Waals surface area contributed by atoms with Gasteiger partial charge in [-0.2, -0.15) is 0 Å². The number of carbonyl (C=O) groups is 1. The van der Waals surface area contributed by atoms with Gasteiger partial charge in [0.1, 0.15) is 5.75 Å². The zero-order valence-corrected chi connectivity index (χ0v) is 13.4. The summed E-state index contributed by atoms with van der Waals surface area (Å²) in [5, 5.41) is 0. The minimum atomic E-state index is -0.370. The monoisotopic (exact) mass is 301 g/mol. The molecule has 0 aliphatic heterocycles. The van der Waals surface area contributed by atoms with Crippen LogP contribution < -0.4 is 10.5 Å².